The number of benzene rings is 3. The molecule has 1 amide bonds. The molecule has 1 atom stereocenters. The van der Waals surface area contributed by atoms with Gasteiger partial charge >= 0.3 is 0 Å². The Labute approximate surface area is 142 Å². The normalized spacial score (nSPS) is 12.0. The zero-order chi connectivity index (χ0) is 17.1. The monoisotopic (exact) mass is 319 g/mol. The van der Waals surface area contributed by atoms with Crippen LogP contribution >= 0.6 is 0 Å². The van der Waals surface area contributed by atoms with Gasteiger partial charge in [0.1, 0.15) is 5.75 Å². The van der Waals surface area contributed by atoms with Crippen molar-refractivity contribution in [2.45, 2.75) is 26.9 Å². The summed E-state index contributed by atoms with van der Waals surface area (Å²) in [6.45, 7) is 5.78. The van der Waals surface area contributed by atoms with Gasteiger partial charge in [0.25, 0.3) is 5.91 Å². The van der Waals surface area contributed by atoms with Crippen molar-refractivity contribution in [3.05, 3.63) is 71.8 Å². The molecule has 0 saturated carbocycles. The zero-order valence-corrected chi connectivity index (χ0v) is 14.2. The predicted octanol–water partition coefficient (Wildman–Crippen LogP) is 4.86. The minimum atomic E-state index is -0.587. The topological polar surface area (TPSA) is 38.3 Å². The lowest BCUT2D eigenvalue weighted by molar-refractivity contribution is -0.122. The molecule has 122 valence electrons. The largest absolute Gasteiger partial charge is 0.480 e. The van der Waals surface area contributed by atoms with Crippen LogP contribution in [0.25, 0.3) is 10.8 Å². The number of aryl methyl sites for hydroxylation is 2. The Morgan fingerprint density at radius 1 is 1.00 bits per heavy atom. The minimum Gasteiger partial charge on any atom is -0.480 e. The molecular formula is C21H21NO2. The van der Waals surface area contributed by atoms with Crippen molar-refractivity contribution < 1.29 is 9.53 Å². The van der Waals surface area contributed by atoms with Crippen LogP contribution in [0.15, 0.2) is 60.7 Å². The smallest absolute Gasteiger partial charge is 0.265 e. The first kappa shape index (κ1) is 16.1. The van der Waals surface area contributed by atoms with Crippen LogP contribution in [-0.2, 0) is 4.79 Å². The SMILES string of the molecule is Cc1ccc(NC(=O)[C@@H](C)Oc2cccc3ccccc23)c(C)c1. The number of nitrogens with one attached hydrogen (secondary N) is 1. The van der Waals surface area contributed by atoms with Crippen molar-refractivity contribution in [3.8, 4) is 5.75 Å². The Bertz CT molecular complexity index is 881. The Hall–Kier alpha value is -2.81. The molecule has 0 aromatic heterocycles. The fourth-order valence-corrected chi connectivity index (χ4v) is 2.73. The molecule has 3 aromatic rings. The van der Waals surface area contributed by atoms with Crippen LogP contribution in [0.5, 0.6) is 5.75 Å². The molecule has 3 aromatic carbocycles. The Morgan fingerprint density at radius 2 is 1.75 bits per heavy atom. The molecule has 0 aliphatic rings. The van der Waals surface area contributed by atoms with Gasteiger partial charge in [0.15, 0.2) is 6.10 Å². The van der Waals surface area contributed by atoms with Gasteiger partial charge in [0.2, 0.25) is 0 Å². The van der Waals surface area contributed by atoms with E-state index in [1.54, 1.807) is 6.92 Å². The molecule has 0 spiro atoms. The van der Waals surface area contributed by atoms with Crippen LogP contribution in [0.1, 0.15) is 18.1 Å². The van der Waals surface area contributed by atoms with E-state index >= 15 is 0 Å². The minimum absolute atomic E-state index is 0.158. The fourth-order valence-electron chi connectivity index (χ4n) is 2.73. The van der Waals surface area contributed by atoms with Crippen molar-refractivity contribution in [1.29, 1.82) is 0 Å². The first-order valence-electron chi connectivity index (χ1n) is 8.07. The Morgan fingerprint density at radius 3 is 2.54 bits per heavy atom. The van der Waals surface area contributed by atoms with Crippen LogP contribution in [0.4, 0.5) is 5.69 Å². The van der Waals surface area contributed by atoms with Gasteiger partial charge in [-0.3, -0.25) is 4.79 Å². The van der Waals surface area contributed by atoms with E-state index in [0.29, 0.717) is 0 Å². The summed E-state index contributed by atoms with van der Waals surface area (Å²) in [4.78, 5) is 12.5. The number of hydrogen-bond acceptors (Lipinski definition) is 2. The third kappa shape index (κ3) is 3.40. The van der Waals surface area contributed by atoms with Crippen molar-refractivity contribution in [2.24, 2.45) is 0 Å². The van der Waals surface area contributed by atoms with E-state index in [9.17, 15) is 4.79 Å². The average molecular weight is 319 g/mol. The summed E-state index contributed by atoms with van der Waals surface area (Å²) >= 11 is 0. The molecular weight excluding hydrogens is 298 g/mol. The number of fused-ring (bicyclic) bond motifs is 1. The quantitative estimate of drug-likeness (QED) is 0.745. The third-order valence-electron chi connectivity index (χ3n) is 4.06. The molecule has 1 N–H and O–H groups in total. The van der Waals surface area contributed by atoms with Gasteiger partial charge in [-0.2, -0.15) is 0 Å². The lowest BCUT2D eigenvalue weighted by atomic mass is 10.1. The molecule has 0 aliphatic carbocycles. The highest BCUT2D eigenvalue weighted by Crippen LogP contribution is 2.26. The molecule has 3 rings (SSSR count). The van der Waals surface area contributed by atoms with Gasteiger partial charge in [-0.05, 0) is 43.9 Å². The maximum Gasteiger partial charge on any atom is 0.265 e. The Kier molecular flexibility index (Phi) is 4.52. The zero-order valence-electron chi connectivity index (χ0n) is 14.2. The van der Waals surface area contributed by atoms with Gasteiger partial charge in [-0.15, -0.1) is 0 Å². The van der Waals surface area contributed by atoms with Gasteiger partial charge < -0.3 is 10.1 Å². The number of carbonyl (C=O) groups is 1. The number of rotatable bonds is 4. The second-order valence-corrected chi connectivity index (χ2v) is 6.04. The maximum absolute atomic E-state index is 12.5. The number of carbonyl (C=O) groups excluding carboxylic acids is 1. The predicted molar refractivity (Wildman–Crippen MR) is 98.6 cm³/mol. The molecule has 0 radical (unpaired) electrons. The van der Waals surface area contributed by atoms with E-state index in [1.807, 2.05) is 74.5 Å². The summed E-state index contributed by atoms with van der Waals surface area (Å²) in [6, 6.07) is 19.8. The van der Waals surface area contributed by atoms with Gasteiger partial charge in [-0.25, -0.2) is 0 Å². The highest BCUT2D eigenvalue weighted by atomic mass is 16.5. The van der Waals surface area contributed by atoms with Gasteiger partial charge in [-0.1, -0.05) is 54.1 Å². The van der Waals surface area contributed by atoms with E-state index in [1.165, 1.54) is 5.56 Å². The van der Waals surface area contributed by atoms with Crippen molar-refractivity contribution in [1.82, 2.24) is 0 Å². The molecule has 0 bridgehead atoms. The van der Waals surface area contributed by atoms with Gasteiger partial charge in [0.05, 0.1) is 0 Å². The highest BCUT2D eigenvalue weighted by molar-refractivity contribution is 5.95. The van der Waals surface area contributed by atoms with E-state index < -0.39 is 6.10 Å². The van der Waals surface area contributed by atoms with Crippen LogP contribution in [0, 0.1) is 13.8 Å². The van der Waals surface area contributed by atoms with E-state index in [-0.39, 0.29) is 5.91 Å². The molecule has 3 heteroatoms. The summed E-state index contributed by atoms with van der Waals surface area (Å²) < 4.78 is 5.91. The number of ether oxygens (including phenoxy) is 1. The average Bonchev–Trinajstić information content (AvgIpc) is 2.57. The molecule has 24 heavy (non-hydrogen) atoms. The summed E-state index contributed by atoms with van der Waals surface area (Å²) in [6.07, 6.45) is -0.587. The van der Waals surface area contributed by atoms with Crippen molar-refractivity contribution in [2.75, 3.05) is 5.32 Å². The fraction of sp³-hybridized carbons (Fsp3) is 0.190. The summed E-state index contributed by atoms with van der Waals surface area (Å²) in [5.74, 6) is 0.561. The molecule has 0 fully saturated rings. The van der Waals surface area contributed by atoms with E-state index in [4.69, 9.17) is 4.74 Å². The maximum atomic E-state index is 12.5. The van der Waals surface area contributed by atoms with Crippen LogP contribution in [0.2, 0.25) is 0 Å². The number of amides is 1. The highest BCUT2D eigenvalue weighted by Gasteiger charge is 2.16. The van der Waals surface area contributed by atoms with Crippen LogP contribution in [-0.4, -0.2) is 12.0 Å². The molecule has 0 heterocycles. The van der Waals surface area contributed by atoms with E-state index in [2.05, 4.69) is 5.32 Å². The third-order valence-corrected chi connectivity index (χ3v) is 4.06. The van der Waals surface area contributed by atoms with E-state index in [0.717, 1.165) is 27.8 Å². The first-order valence-corrected chi connectivity index (χ1v) is 8.07. The second kappa shape index (κ2) is 6.75. The molecule has 0 unspecified atom stereocenters. The Balaban J connectivity index is 1.76. The summed E-state index contributed by atoms with van der Waals surface area (Å²) in [7, 11) is 0. The lowest BCUT2D eigenvalue weighted by Gasteiger charge is -2.17. The number of anilines is 1. The lowest BCUT2D eigenvalue weighted by Crippen LogP contribution is -2.30. The van der Waals surface area contributed by atoms with Gasteiger partial charge in [0, 0.05) is 11.1 Å². The second-order valence-electron chi connectivity index (χ2n) is 6.04. The standard InChI is InChI=1S/C21H21NO2/c1-14-11-12-19(15(2)13-14)22-21(23)16(3)24-20-10-6-8-17-7-4-5-9-18(17)20/h4-13,16H,1-3H3,(H,22,23)/t16-/m1/s1. The van der Waals surface area contributed by atoms with Crippen LogP contribution in [0.3, 0.4) is 0 Å². The van der Waals surface area contributed by atoms with Crippen LogP contribution < -0.4 is 10.1 Å². The summed E-state index contributed by atoms with van der Waals surface area (Å²) in [5, 5.41) is 5.04. The number of hydrogen-bond donors (Lipinski definition) is 1. The molecule has 0 saturated heterocycles. The first-order chi connectivity index (χ1) is 11.5. The summed E-state index contributed by atoms with van der Waals surface area (Å²) in [5.41, 5.74) is 3.03. The molecule has 0 aliphatic heterocycles. The molecule has 3 nitrogen and oxygen atoms in total. The van der Waals surface area contributed by atoms with Crippen molar-refractivity contribution in [3.63, 3.8) is 0 Å². The van der Waals surface area contributed by atoms with Crippen molar-refractivity contribution >= 4 is 22.4 Å².